The molecule has 0 radical (unpaired) electrons. The molecule has 1 heterocycles. The number of rotatable bonds is 6. The molecule has 0 saturated heterocycles. The van der Waals surface area contributed by atoms with Gasteiger partial charge >= 0.3 is 0 Å². The minimum atomic E-state index is -3.43. The summed E-state index contributed by atoms with van der Waals surface area (Å²) in [4.78, 5) is 24.6. The minimum absolute atomic E-state index is 0.0131. The number of benzene rings is 2. The number of nitrogens with zero attached hydrogens (tertiary/aromatic N) is 2. The molecule has 152 valence electrons. The van der Waals surface area contributed by atoms with Gasteiger partial charge in [0.2, 0.25) is 11.8 Å². The first-order valence-corrected chi connectivity index (χ1v) is 11.2. The molecule has 1 N–H and O–H groups in total. The molecule has 0 unspecified atom stereocenters. The number of hydrazone groups is 1. The molecule has 0 aliphatic carbocycles. The maximum absolute atomic E-state index is 12.4. The largest absolute Gasteiger partial charge is 0.325 e. The van der Waals surface area contributed by atoms with E-state index >= 15 is 0 Å². The monoisotopic (exact) mass is 433 g/mol. The van der Waals surface area contributed by atoms with Crippen LogP contribution in [-0.4, -0.2) is 43.8 Å². The van der Waals surface area contributed by atoms with Gasteiger partial charge in [-0.1, -0.05) is 41.9 Å². The lowest BCUT2D eigenvalue weighted by atomic mass is 10.1. The molecule has 29 heavy (non-hydrogen) atoms. The first-order chi connectivity index (χ1) is 13.7. The summed E-state index contributed by atoms with van der Waals surface area (Å²) < 4.78 is 23.3. The first kappa shape index (κ1) is 21.0. The predicted octanol–water partition coefficient (Wildman–Crippen LogP) is 3.10. The molecule has 2 amide bonds. The molecule has 7 nitrogen and oxygen atoms in total. The summed E-state index contributed by atoms with van der Waals surface area (Å²) in [5, 5.41) is 8.51. The molecule has 9 heteroatoms. The predicted molar refractivity (Wildman–Crippen MR) is 112 cm³/mol. The SMILES string of the molecule is CS(=O)(=O)c1ccc(Cl)c(NC(=O)CCC(=O)N2CCC(c3ccccc3)=N2)c1. The number of carbonyl (C=O) groups is 2. The van der Waals surface area contributed by atoms with E-state index < -0.39 is 15.7 Å². The highest BCUT2D eigenvalue weighted by molar-refractivity contribution is 7.90. The van der Waals surface area contributed by atoms with Crippen LogP contribution in [0.25, 0.3) is 0 Å². The zero-order valence-corrected chi connectivity index (χ0v) is 17.3. The van der Waals surface area contributed by atoms with Gasteiger partial charge in [-0.05, 0) is 23.8 Å². The normalized spacial score (nSPS) is 13.9. The summed E-state index contributed by atoms with van der Waals surface area (Å²) in [5.41, 5.74) is 2.01. The zero-order chi connectivity index (χ0) is 21.0. The maximum Gasteiger partial charge on any atom is 0.243 e. The van der Waals surface area contributed by atoms with Crippen LogP contribution >= 0.6 is 11.6 Å². The summed E-state index contributed by atoms with van der Waals surface area (Å²) in [6.45, 7) is 0.479. The molecular formula is C20H20ClN3O4S. The van der Waals surface area contributed by atoms with Gasteiger partial charge in [0.15, 0.2) is 9.84 Å². The average Bonchev–Trinajstić information content (AvgIpc) is 3.18. The van der Waals surface area contributed by atoms with Crippen LogP contribution in [0, 0.1) is 0 Å². The summed E-state index contributed by atoms with van der Waals surface area (Å²) in [6.07, 6.45) is 1.66. The molecule has 0 atom stereocenters. The molecule has 0 spiro atoms. The van der Waals surface area contributed by atoms with Crippen LogP contribution in [0.5, 0.6) is 0 Å². The molecule has 0 fully saturated rings. The molecule has 3 rings (SSSR count). The van der Waals surface area contributed by atoms with Crippen LogP contribution in [0.1, 0.15) is 24.8 Å². The lowest BCUT2D eigenvalue weighted by Crippen LogP contribution is -2.25. The zero-order valence-electron chi connectivity index (χ0n) is 15.8. The molecule has 0 saturated carbocycles. The van der Waals surface area contributed by atoms with E-state index in [1.807, 2.05) is 30.3 Å². The van der Waals surface area contributed by atoms with Crippen molar-refractivity contribution in [3.63, 3.8) is 0 Å². The lowest BCUT2D eigenvalue weighted by molar-refractivity contribution is -0.132. The Bertz CT molecular complexity index is 1070. The van der Waals surface area contributed by atoms with E-state index in [-0.39, 0.29) is 34.4 Å². The standard InChI is InChI=1S/C20H20ClN3O4S/c1-29(27,28)15-7-8-16(21)18(13-15)22-19(25)9-10-20(26)24-12-11-17(23-24)14-5-3-2-4-6-14/h2-8,13H,9-12H2,1H3,(H,22,25). The van der Waals surface area contributed by atoms with Gasteiger partial charge in [-0.2, -0.15) is 5.10 Å². The molecule has 0 bridgehead atoms. The van der Waals surface area contributed by atoms with Crippen molar-refractivity contribution in [2.45, 2.75) is 24.2 Å². The highest BCUT2D eigenvalue weighted by Crippen LogP contribution is 2.25. The Morgan fingerprint density at radius 1 is 1.14 bits per heavy atom. The number of nitrogens with one attached hydrogen (secondary N) is 1. The highest BCUT2D eigenvalue weighted by atomic mass is 35.5. The Balaban J connectivity index is 1.57. The van der Waals surface area contributed by atoms with Crippen molar-refractivity contribution in [2.75, 3.05) is 18.1 Å². The summed E-state index contributed by atoms with van der Waals surface area (Å²) in [5.74, 6) is -0.681. The third-order valence-electron chi connectivity index (χ3n) is 4.40. The highest BCUT2D eigenvalue weighted by Gasteiger charge is 2.22. The second kappa shape index (κ2) is 8.75. The second-order valence-electron chi connectivity index (χ2n) is 6.64. The molecule has 2 aromatic carbocycles. The van der Waals surface area contributed by atoms with Crippen LogP contribution in [0.3, 0.4) is 0 Å². The van der Waals surface area contributed by atoms with E-state index in [1.165, 1.54) is 23.2 Å². The Kier molecular flexibility index (Phi) is 6.34. The van der Waals surface area contributed by atoms with Crippen molar-refractivity contribution in [1.29, 1.82) is 0 Å². The molecule has 0 aromatic heterocycles. The third kappa shape index (κ3) is 5.42. The Morgan fingerprint density at radius 3 is 2.55 bits per heavy atom. The van der Waals surface area contributed by atoms with Crippen molar-refractivity contribution in [2.24, 2.45) is 5.10 Å². The molecule has 1 aliphatic heterocycles. The number of amides is 2. The molecular weight excluding hydrogens is 414 g/mol. The average molecular weight is 434 g/mol. The first-order valence-electron chi connectivity index (χ1n) is 8.97. The fourth-order valence-corrected chi connectivity index (χ4v) is 3.68. The lowest BCUT2D eigenvalue weighted by Gasteiger charge is -2.12. The number of hydrogen-bond acceptors (Lipinski definition) is 5. The third-order valence-corrected chi connectivity index (χ3v) is 5.84. The van der Waals surface area contributed by atoms with E-state index in [0.29, 0.717) is 13.0 Å². The van der Waals surface area contributed by atoms with Crippen LogP contribution < -0.4 is 5.32 Å². The number of anilines is 1. The minimum Gasteiger partial charge on any atom is -0.325 e. The Hall–Kier alpha value is -2.71. The van der Waals surface area contributed by atoms with Crippen molar-refractivity contribution in [3.05, 3.63) is 59.1 Å². The smallest absolute Gasteiger partial charge is 0.243 e. The number of halogens is 1. The van der Waals surface area contributed by atoms with Gasteiger partial charge in [-0.25, -0.2) is 13.4 Å². The van der Waals surface area contributed by atoms with Crippen LogP contribution in [0.4, 0.5) is 5.69 Å². The van der Waals surface area contributed by atoms with Crippen LogP contribution in [-0.2, 0) is 19.4 Å². The number of hydrogen-bond donors (Lipinski definition) is 1. The Labute approximate surface area is 174 Å². The van der Waals surface area contributed by atoms with Gasteiger partial charge < -0.3 is 5.32 Å². The Morgan fingerprint density at radius 2 is 1.86 bits per heavy atom. The van der Waals surface area contributed by atoms with E-state index in [9.17, 15) is 18.0 Å². The topological polar surface area (TPSA) is 95.9 Å². The van der Waals surface area contributed by atoms with E-state index in [0.717, 1.165) is 17.5 Å². The molecule has 2 aromatic rings. The number of sulfone groups is 1. The van der Waals surface area contributed by atoms with Crippen molar-refractivity contribution < 1.29 is 18.0 Å². The molecule has 1 aliphatic rings. The van der Waals surface area contributed by atoms with E-state index in [1.54, 1.807) is 0 Å². The fraction of sp³-hybridized carbons (Fsp3) is 0.250. The fourth-order valence-electron chi connectivity index (χ4n) is 2.86. The van der Waals surface area contributed by atoms with Gasteiger partial charge in [0.25, 0.3) is 0 Å². The van der Waals surface area contributed by atoms with Gasteiger partial charge in [0.1, 0.15) is 0 Å². The maximum atomic E-state index is 12.4. The number of carbonyl (C=O) groups excluding carboxylic acids is 2. The van der Waals surface area contributed by atoms with Gasteiger partial charge in [-0.15, -0.1) is 0 Å². The van der Waals surface area contributed by atoms with Crippen LogP contribution in [0.15, 0.2) is 58.5 Å². The quantitative estimate of drug-likeness (QED) is 0.757. The van der Waals surface area contributed by atoms with Gasteiger partial charge in [-0.3, -0.25) is 9.59 Å². The summed E-state index contributed by atoms with van der Waals surface area (Å²) >= 11 is 6.03. The summed E-state index contributed by atoms with van der Waals surface area (Å²) in [7, 11) is -3.43. The summed E-state index contributed by atoms with van der Waals surface area (Å²) in [6, 6.07) is 13.7. The van der Waals surface area contributed by atoms with Crippen molar-refractivity contribution in [3.8, 4) is 0 Å². The second-order valence-corrected chi connectivity index (χ2v) is 9.06. The van der Waals surface area contributed by atoms with Crippen LogP contribution in [0.2, 0.25) is 5.02 Å². The van der Waals surface area contributed by atoms with Crippen molar-refractivity contribution in [1.82, 2.24) is 5.01 Å². The van der Waals surface area contributed by atoms with Crippen molar-refractivity contribution >= 4 is 44.7 Å². The van der Waals surface area contributed by atoms with E-state index in [4.69, 9.17) is 11.6 Å². The van der Waals surface area contributed by atoms with E-state index in [2.05, 4.69) is 10.4 Å². The van der Waals surface area contributed by atoms with Gasteiger partial charge in [0.05, 0.1) is 27.9 Å². The van der Waals surface area contributed by atoms with Gasteiger partial charge in [0, 0.05) is 25.5 Å².